The number of guanidine groups is 1. The van der Waals surface area contributed by atoms with Crippen LogP contribution >= 0.6 is 11.6 Å². The highest BCUT2D eigenvalue weighted by molar-refractivity contribution is 6.30. The predicted octanol–water partition coefficient (Wildman–Crippen LogP) is 1.93. The molecule has 0 saturated carbocycles. The van der Waals surface area contributed by atoms with Crippen LogP contribution in [0.5, 0.6) is 0 Å². The van der Waals surface area contributed by atoms with Crippen molar-refractivity contribution >= 4 is 35.4 Å². The van der Waals surface area contributed by atoms with Crippen LogP contribution in [-0.2, 0) is 4.79 Å². The van der Waals surface area contributed by atoms with Crippen LogP contribution in [0.4, 0.5) is 10.5 Å². The Labute approximate surface area is 128 Å². The molecule has 8 heteroatoms. The van der Waals surface area contributed by atoms with Gasteiger partial charge in [-0.05, 0) is 24.3 Å². The maximum Gasteiger partial charge on any atom is 0.323 e. The van der Waals surface area contributed by atoms with Crippen LogP contribution in [0, 0.1) is 5.41 Å². The highest BCUT2D eigenvalue weighted by atomic mass is 35.5. The zero-order valence-corrected chi connectivity index (χ0v) is 13.1. The highest BCUT2D eigenvalue weighted by Crippen LogP contribution is 2.17. The first-order valence-corrected chi connectivity index (χ1v) is 6.26. The van der Waals surface area contributed by atoms with Crippen LogP contribution in [0.1, 0.15) is 0 Å². The molecule has 0 saturated heterocycles. The maximum absolute atomic E-state index is 11.4. The molecule has 0 atom stereocenters. The number of rotatable bonds is 1. The van der Waals surface area contributed by atoms with E-state index in [9.17, 15) is 4.79 Å². The third-order valence-electron chi connectivity index (χ3n) is 2.46. The van der Waals surface area contributed by atoms with Gasteiger partial charge in [-0.3, -0.25) is 10.3 Å². The Hall–Kier alpha value is -2.37. The molecule has 0 aromatic heterocycles. The number of amides is 2. The van der Waals surface area contributed by atoms with Crippen LogP contribution in [0.2, 0.25) is 5.02 Å². The standard InChI is InChI=1S/C11H15ClN4O.C2H3NO/c1-14-11(17)16(3)10(13)15(2)9-6-4-8(12)5-7-9;1-3-2-4/h4-7,13H,1-3H3,(H,14,17);1H3. The van der Waals surface area contributed by atoms with Crippen LogP contribution in [-0.4, -0.2) is 51.2 Å². The predicted molar refractivity (Wildman–Crippen MR) is 83.8 cm³/mol. The molecule has 0 aliphatic rings. The van der Waals surface area contributed by atoms with Gasteiger partial charge >= 0.3 is 6.03 Å². The minimum absolute atomic E-state index is 0.0756. The molecule has 21 heavy (non-hydrogen) atoms. The third kappa shape index (κ3) is 6.07. The van der Waals surface area contributed by atoms with E-state index < -0.39 is 0 Å². The van der Waals surface area contributed by atoms with Gasteiger partial charge in [0.1, 0.15) is 0 Å². The largest absolute Gasteiger partial charge is 0.341 e. The number of urea groups is 1. The number of anilines is 1. The fraction of sp³-hybridized carbons (Fsp3) is 0.308. The molecule has 1 aromatic carbocycles. The molecule has 0 heterocycles. The Bertz CT molecular complexity index is 526. The maximum atomic E-state index is 11.4. The van der Waals surface area contributed by atoms with Crippen molar-refractivity contribution in [3.05, 3.63) is 29.3 Å². The van der Waals surface area contributed by atoms with Crippen LogP contribution < -0.4 is 10.2 Å². The Kier molecular flexibility index (Phi) is 8.45. The molecule has 2 N–H and O–H groups in total. The number of aliphatic imine (C=N–C) groups is 1. The second-order valence-electron chi connectivity index (χ2n) is 3.79. The zero-order valence-electron chi connectivity index (χ0n) is 12.3. The molecule has 1 rings (SSSR count). The second kappa shape index (κ2) is 9.52. The molecule has 0 radical (unpaired) electrons. The van der Waals surface area contributed by atoms with Crippen molar-refractivity contribution in [1.29, 1.82) is 5.41 Å². The number of isocyanates is 1. The molecule has 114 valence electrons. The van der Waals surface area contributed by atoms with Gasteiger partial charge in [0.25, 0.3) is 0 Å². The first-order chi connectivity index (χ1) is 9.88. The number of benzene rings is 1. The Morgan fingerprint density at radius 2 is 1.81 bits per heavy atom. The van der Waals surface area contributed by atoms with E-state index >= 15 is 0 Å². The van der Waals surface area contributed by atoms with Crippen LogP contribution in [0.15, 0.2) is 29.3 Å². The quantitative estimate of drug-likeness (QED) is 0.472. The number of nitrogens with zero attached hydrogens (tertiary/aromatic N) is 3. The number of carbonyl (C=O) groups is 1. The van der Waals surface area contributed by atoms with Gasteiger partial charge in [-0.1, -0.05) is 11.6 Å². The zero-order chi connectivity index (χ0) is 16.4. The van der Waals surface area contributed by atoms with Gasteiger partial charge in [0.05, 0.1) is 0 Å². The van der Waals surface area contributed by atoms with E-state index in [-0.39, 0.29) is 12.0 Å². The molecule has 0 aliphatic carbocycles. The van der Waals surface area contributed by atoms with Crippen molar-refractivity contribution in [2.75, 3.05) is 33.1 Å². The van der Waals surface area contributed by atoms with Gasteiger partial charge in [0.2, 0.25) is 12.0 Å². The van der Waals surface area contributed by atoms with E-state index in [0.717, 1.165) is 5.69 Å². The summed E-state index contributed by atoms with van der Waals surface area (Å²) in [4.78, 5) is 26.0. The molecular weight excluding hydrogens is 294 g/mol. The third-order valence-corrected chi connectivity index (χ3v) is 2.71. The summed E-state index contributed by atoms with van der Waals surface area (Å²) in [6, 6.07) is 6.71. The van der Waals surface area contributed by atoms with Gasteiger partial charge in [0, 0.05) is 38.9 Å². The lowest BCUT2D eigenvalue weighted by Gasteiger charge is -2.26. The minimum Gasteiger partial charge on any atom is -0.341 e. The average Bonchev–Trinajstić information content (AvgIpc) is 2.52. The number of nitrogens with one attached hydrogen (secondary N) is 2. The number of carbonyl (C=O) groups excluding carboxylic acids is 2. The number of hydrogen-bond acceptors (Lipinski definition) is 4. The van der Waals surface area contributed by atoms with E-state index in [2.05, 4.69) is 10.3 Å². The van der Waals surface area contributed by atoms with Crippen molar-refractivity contribution in [2.45, 2.75) is 0 Å². The first-order valence-electron chi connectivity index (χ1n) is 5.88. The van der Waals surface area contributed by atoms with Crippen molar-refractivity contribution in [2.24, 2.45) is 4.99 Å². The minimum atomic E-state index is -0.337. The summed E-state index contributed by atoms with van der Waals surface area (Å²) in [6.07, 6.45) is 1.31. The van der Waals surface area contributed by atoms with Crippen molar-refractivity contribution in [1.82, 2.24) is 10.2 Å². The Morgan fingerprint density at radius 1 is 1.33 bits per heavy atom. The molecule has 2 amide bonds. The lowest BCUT2D eigenvalue weighted by Crippen LogP contribution is -2.46. The van der Waals surface area contributed by atoms with E-state index in [1.165, 1.54) is 32.1 Å². The molecule has 1 aromatic rings. The molecule has 0 spiro atoms. The number of halogens is 1. The van der Waals surface area contributed by atoms with E-state index in [1.807, 2.05) is 0 Å². The summed E-state index contributed by atoms with van der Waals surface area (Å²) in [5.74, 6) is 0.0756. The average molecular weight is 312 g/mol. The van der Waals surface area contributed by atoms with Crippen molar-refractivity contribution in [3.63, 3.8) is 0 Å². The first kappa shape index (κ1) is 18.6. The molecule has 7 nitrogen and oxygen atoms in total. The fourth-order valence-corrected chi connectivity index (χ4v) is 1.40. The summed E-state index contributed by atoms with van der Waals surface area (Å²) in [5, 5.41) is 11.0. The summed E-state index contributed by atoms with van der Waals surface area (Å²) < 4.78 is 0. The fourth-order valence-electron chi connectivity index (χ4n) is 1.28. The van der Waals surface area contributed by atoms with Crippen LogP contribution in [0.3, 0.4) is 0 Å². The summed E-state index contributed by atoms with van der Waals surface area (Å²) in [5.41, 5.74) is 0.787. The molecule has 0 aliphatic heterocycles. The van der Waals surface area contributed by atoms with Gasteiger partial charge in [-0.15, -0.1) is 0 Å². The Morgan fingerprint density at radius 3 is 2.19 bits per heavy atom. The summed E-state index contributed by atoms with van der Waals surface area (Å²) >= 11 is 5.78. The topological polar surface area (TPSA) is 88.9 Å². The lowest BCUT2D eigenvalue weighted by atomic mass is 10.3. The lowest BCUT2D eigenvalue weighted by molar-refractivity contribution is 0.228. The van der Waals surface area contributed by atoms with Crippen molar-refractivity contribution < 1.29 is 9.59 Å². The normalized spacial score (nSPS) is 8.62. The van der Waals surface area contributed by atoms with Crippen molar-refractivity contribution in [3.8, 4) is 0 Å². The monoisotopic (exact) mass is 311 g/mol. The molecule has 0 unspecified atom stereocenters. The SMILES string of the molecule is CN=C=O.CNC(=O)N(C)C(=N)N(C)c1ccc(Cl)cc1. The van der Waals surface area contributed by atoms with Crippen LogP contribution in [0.25, 0.3) is 0 Å². The van der Waals surface area contributed by atoms with E-state index in [1.54, 1.807) is 36.2 Å². The van der Waals surface area contributed by atoms with Gasteiger partial charge in [0.15, 0.2) is 0 Å². The van der Waals surface area contributed by atoms with Gasteiger partial charge < -0.3 is 10.2 Å². The van der Waals surface area contributed by atoms with E-state index in [0.29, 0.717) is 5.02 Å². The van der Waals surface area contributed by atoms with Gasteiger partial charge in [-0.25, -0.2) is 14.6 Å². The molecule has 0 bridgehead atoms. The highest BCUT2D eigenvalue weighted by Gasteiger charge is 2.16. The Balaban J connectivity index is 0.000000885. The number of hydrogen-bond donors (Lipinski definition) is 2. The molecular formula is C13H18ClN5O2. The van der Waals surface area contributed by atoms with E-state index in [4.69, 9.17) is 21.8 Å². The molecule has 0 fully saturated rings. The van der Waals surface area contributed by atoms with Gasteiger partial charge in [-0.2, -0.15) is 0 Å². The summed E-state index contributed by atoms with van der Waals surface area (Å²) in [7, 11) is 6.15. The second-order valence-corrected chi connectivity index (χ2v) is 4.22. The smallest absolute Gasteiger partial charge is 0.323 e. The summed E-state index contributed by atoms with van der Waals surface area (Å²) in [6.45, 7) is 0.